The van der Waals surface area contributed by atoms with E-state index < -0.39 is 0 Å². The van der Waals surface area contributed by atoms with E-state index in [1.54, 1.807) is 0 Å². The lowest BCUT2D eigenvalue weighted by Gasteiger charge is -2.00. The molecule has 1 fully saturated rings. The molecule has 1 rings (SSSR count). The van der Waals surface area contributed by atoms with E-state index in [-0.39, 0.29) is 17.7 Å². The SMILES string of the molecule is N#C[C@@H]1CC[C@@H](C(N)=O)C1. The summed E-state index contributed by atoms with van der Waals surface area (Å²) in [6, 6.07) is 2.14. The van der Waals surface area contributed by atoms with Crippen molar-refractivity contribution < 1.29 is 4.79 Å². The van der Waals surface area contributed by atoms with Gasteiger partial charge in [0, 0.05) is 11.8 Å². The molecule has 0 aromatic carbocycles. The predicted molar refractivity (Wildman–Crippen MR) is 35.6 cm³/mol. The van der Waals surface area contributed by atoms with Crippen LogP contribution in [0.4, 0.5) is 0 Å². The molecule has 2 atom stereocenters. The van der Waals surface area contributed by atoms with Crippen LogP contribution in [0.15, 0.2) is 0 Å². The molecule has 1 saturated carbocycles. The van der Waals surface area contributed by atoms with Crippen molar-refractivity contribution in [3.8, 4) is 6.07 Å². The number of carbonyl (C=O) groups excluding carboxylic acids is 1. The van der Waals surface area contributed by atoms with Gasteiger partial charge in [-0.05, 0) is 19.3 Å². The molecule has 54 valence electrons. The molecule has 0 heterocycles. The molecule has 3 heteroatoms. The van der Waals surface area contributed by atoms with Crippen LogP contribution in [0, 0.1) is 23.2 Å². The van der Waals surface area contributed by atoms with E-state index in [2.05, 4.69) is 6.07 Å². The van der Waals surface area contributed by atoms with Gasteiger partial charge in [-0.1, -0.05) is 0 Å². The van der Waals surface area contributed by atoms with Crippen LogP contribution in [-0.4, -0.2) is 5.91 Å². The number of nitrogens with two attached hydrogens (primary N) is 1. The molecule has 0 aliphatic heterocycles. The normalized spacial score (nSPS) is 31.5. The lowest BCUT2D eigenvalue weighted by Crippen LogP contribution is -2.20. The van der Waals surface area contributed by atoms with Gasteiger partial charge in [-0.3, -0.25) is 4.79 Å². The lowest BCUT2D eigenvalue weighted by atomic mass is 10.1. The van der Waals surface area contributed by atoms with E-state index in [0.29, 0.717) is 6.42 Å². The minimum Gasteiger partial charge on any atom is -0.369 e. The maximum Gasteiger partial charge on any atom is 0.220 e. The van der Waals surface area contributed by atoms with Gasteiger partial charge in [0.1, 0.15) is 0 Å². The minimum absolute atomic E-state index is 0.0374. The van der Waals surface area contributed by atoms with Gasteiger partial charge in [-0.2, -0.15) is 5.26 Å². The maximum atomic E-state index is 10.6. The van der Waals surface area contributed by atoms with Crippen molar-refractivity contribution in [3.63, 3.8) is 0 Å². The van der Waals surface area contributed by atoms with Crippen molar-refractivity contribution in [3.05, 3.63) is 0 Å². The standard InChI is InChI=1S/C7H10N2O/c8-4-5-1-2-6(3-5)7(9)10/h5-6H,1-3H2,(H2,9,10)/t5-,6-/m1/s1. The zero-order chi connectivity index (χ0) is 7.56. The van der Waals surface area contributed by atoms with E-state index in [1.807, 2.05) is 0 Å². The molecule has 0 unspecified atom stereocenters. The molecule has 0 bridgehead atoms. The summed E-state index contributed by atoms with van der Waals surface area (Å²) >= 11 is 0. The van der Waals surface area contributed by atoms with Gasteiger partial charge in [0.05, 0.1) is 6.07 Å². The van der Waals surface area contributed by atoms with E-state index in [4.69, 9.17) is 11.0 Å². The summed E-state index contributed by atoms with van der Waals surface area (Å²) in [7, 11) is 0. The molecular weight excluding hydrogens is 128 g/mol. The summed E-state index contributed by atoms with van der Waals surface area (Å²) in [5, 5.41) is 8.46. The van der Waals surface area contributed by atoms with Crippen LogP contribution < -0.4 is 5.73 Å². The average Bonchev–Trinajstić information content (AvgIpc) is 2.34. The van der Waals surface area contributed by atoms with Crippen molar-refractivity contribution in [1.82, 2.24) is 0 Å². The molecular formula is C7H10N2O. The number of nitrogens with zero attached hydrogens (tertiary/aromatic N) is 1. The Morgan fingerprint density at radius 1 is 1.60 bits per heavy atom. The number of nitriles is 1. The van der Waals surface area contributed by atoms with Crippen LogP contribution in [0.1, 0.15) is 19.3 Å². The number of hydrogen-bond acceptors (Lipinski definition) is 2. The first-order valence-electron chi connectivity index (χ1n) is 3.43. The van der Waals surface area contributed by atoms with E-state index >= 15 is 0 Å². The molecule has 0 aromatic rings. The molecule has 2 N–H and O–H groups in total. The average molecular weight is 138 g/mol. The minimum atomic E-state index is -0.252. The van der Waals surface area contributed by atoms with Crippen molar-refractivity contribution in [2.75, 3.05) is 0 Å². The summed E-state index contributed by atoms with van der Waals surface area (Å²) in [6.07, 6.45) is 2.31. The van der Waals surface area contributed by atoms with Crippen molar-refractivity contribution in [2.45, 2.75) is 19.3 Å². The zero-order valence-electron chi connectivity index (χ0n) is 5.71. The van der Waals surface area contributed by atoms with Crippen LogP contribution >= 0.6 is 0 Å². The highest BCUT2D eigenvalue weighted by Crippen LogP contribution is 2.29. The van der Waals surface area contributed by atoms with E-state index in [1.165, 1.54) is 0 Å². The van der Waals surface area contributed by atoms with E-state index in [0.717, 1.165) is 12.8 Å². The number of amides is 1. The van der Waals surface area contributed by atoms with Crippen molar-refractivity contribution in [2.24, 2.45) is 17.6 Å². The fourth-order valence-electron chi connectivity index (χ4n) is 1.36. The maximum absolute atomic E-state index is 10.6. The topological polar surface area (TPSA) is 66.9 Å². The summed E-state index contributed by atoms with van der Waals surface area (Å²) in [5.74, 6) is -0.222. The van der Waals surface area contributed by atoms with Crippen molar-refractivity contribution in [1.29, 1.82) is 5.26 Å². The van der Waals surface area contributed by atoms with Gasteiger partial charge in [0.2, 0.25) is 5.91 Å². The molecule has 1 aliphatic rings. The largest absolute Gasteiger partial charge is 0.369 e. The fraction of sp³-hybridized carbons (Fsp3) is 0.714. The first-order valence-corrected chi connectivity index (χ1v) is 3.43. The Morgan fingerprint density at radius 2 is 2.30 bits per heavy atom. The molecule has 0 spiro atoms. The second-order valence-electron chi connectivity index (χ2n) is 2.74. The molecule has 3 nitrogen and oxygen atoms in total. The van der Waals surface area contributed by atoms with Crippen LogP contribution in [0.2, 0.25) is 0 Å². The molecule has 1 aliphatic carbocycles. The first kappa shape index (κ1) is 7.07. The van der Waals surface area contributed by atoms with Crippen LogP contribution in [0.25, 0.3) is 0 Å². The van der Waals surface area contributed by atoms with Gasteiger partial charge in [0.25, 0.3) is 0 Å². The monoisotopic (exact) mass is 138 g/mol. The third-order valence-electron chi connectivity index (χ3n) is 2.02. The van der Waals surface area contributed by atoms with Gasteiger partial charge in [0.15, 0.2) is 0 Å². The molecule has 0 saturated heterocycles. The first-order chi connectivity index (χ1) is 4.74. The van der Waals surface area contributed by atoms with Crippen molar-refractivity contribution >= 4 is 5.91 Å². The Morgan fingerprint density at radius 3 is 2.60 bits per heavy atom. The molecule has 0 aromatic heterocycles. The summed E-state index contributed by atoms with van der Waals surface area (Å²) in [6.45, 7) is 0. The quantitative estimate of drug-likeness (QED) is 0.570. The number of hydrogen-bond donors (Lipinski definition) is 1. The van der Waals surface area contributed by atoms with Gasteiger partial charge in [-0.25, -0.2) is 0 Å². The molecule has 0 radical (unpaired) electrons. The van der Waals surface area contributed by atoms with Crippen LogP contribution in [0.5, 0.6) is 0 Å². The third-order valence-corrected chi connectivity index (χ3v) is 2.02. The van der Waals surface area contributed by atoms with E-state index in [9.17, 15) is 4.79 Å². The smallest absolute Gasteiger partial charge is 0.220 e. The van der Waals surface area contributed by atoms with Crippen LogP contribution in [-0.2, 0) is 4.79 Å². The fourth-order valence-corrected chi connectivity index (χ4v) is 1.36. The Kier molecular flexibility index (Phi) is 1.91. The number of primary amides is 1. The third kappa shape index (κ3) is 1.27. The molecule has 10 heavy (non-hydrogen) atoms. The second-order valence-corrected chi connectivity index (χ2v) is 2.74. The summed E-state index contributed by atoms with van der Waals surface area (Å²) in [5.41, 5.74) is 5.07. The number of rotatable bonds is 1. The van der Waals surface area contributed by atoms with Gasteiger partial charge >= 0.3 is 0 Å². The second kappa shape index (κ2) is 2.70. The summed E-state index contributed by atoms with van der Waals surface area (Å²) < 4.78 is 0. The highest BCUT2D eigenvalue weighted by Gasteiger charge is 2.27. The highest BCUT2D eigenvalue weighted by molar-refractivity contribution is 5.76. The Balaban J connectivity index is 2.45. The lowest BCUT2D eigenvalue weighted by molar-refractivity contribution is -0.121. The zero-order valence-corrected chi connectivity index (χ0v) is 5.71. The Labute approximate surface area is 59.8 Å². The summed E-state index contributed by atoms with van der Waals surface area (Å²) in [4.78, 5) is 10.6. The Hall–Kier alpha value is -1.04. The highest BCUT2D eigenvalue weighted by atomic mass is 16.1. The Bertz CT molecular complexity index is 183. The van der Waals surface area contributed by atoms with Gasteiger partial charge in [-0.15, -0.1) is 0 Å². The van der Waals surface area contributed by atoms with Crippen LogP contribution in [0.3, 0.4) is 0 Å². The molecule has 1 amide bonds. The van der Waals surface area contributed by atoms with Gasteiger partial charge < -0.3 is 5.73 Å². The predicted octanol–water partition coefficient (Wildman–Crippen LogP) is 0.412. The number of carbonyl (C=O) groups is 1.